The van der Waals surface area contributed by atoms with E-state index in [1.807, 2.05) is 6.92 Å². The van der Waals surface area contributed by atoms with Crippen LogP contribution in [0.25, 0.3) is 0 Å². The van der Waals surface area contributed by atoms with E-state index < -0.39 is 4.92 Å². The molecule has 2 atom stereocenters. The fourth-order valence-corrected chi connectivity index (χ4v) is 3.02. The summed E-state index contributed by atoms with van der Waals surface area (Å²) in [5.41, 5.74) is 0.880. The molecule has 0 bridgehead atoms. The second-order valence-corrected chi connectivity index (χ2v) is 5.98. The molecule has 1 N–H and O–H groups in total. The van der Waals surface area contributed by atoms with Gasteiger partial charge in [0.15, 0.2) is 5.75 Å². The number of benzene rings is 1. The Morgan fingerprint density at radius 2 is 2.23 bits per heavy atom. The molecule has 22 heavy (non-hydrogen) atoms. The standard InChI is InChI=1S/C16H22N2O4/c1-2-21-16-10-12(5-6-14(16)18(19)20)17-13-7-8-22-15(9-13)11-3-4-11/h5-6,10-11,13,15,17H,2-4,7-9H2,1H3. The Hall–Kier alpha value is -1.82. The average molecular weight is 306 g/mol. The highest BCUT2D eigenvalue weighted by Gasteiger charge is 2.35. The van der Waals surface area contributed by atoms with Crippen molar-refractivity contribution in [3.05, 3.63) is 28.3 Å². The molecule has 120 valence electrons. The van der Waals surface area contributed by atoms with Gasteiger partial charge >= 0.3 is 5.69 Å². The lowest BCUT2D eigenvalue weighted by molar-refractivity contribution is -0.385. The Kier molecular flexibility index (Phi) is 4.47. The van der Waals surface area contributed by atoms with Crippen LogP contribution in [0, 0.1) is 16.0 Å². The SMILES string of the molecule is CCOc1cc(NC2CCOC(C3CC3)C2)ccc1[N+](=O)[O-]. The van der Waals surface area contributed by atoms with E-state index in [-0.39, 0.29) is 5.69 Å². The Morgan fingerprint density at radius 3 is 2.91 bits per heavy atom. The van der Waals surface area contributed by atoms with Crippen LogP contribution in [0.15, 0.2) is 18.2 Å². The number of anilines is 1. The van der Waals surface area contributed by atoms with Crippen LogP contribution in [0.5, 0.6) is 5.75 Å². The molecule has 6 nitrogen and oxygen atoms in total. The van der Waals surface area contributed by atoms with Gasteiger partial charge in [-0.15, -0.1) is 0 Å². The summed E-state index contributed by atoms with van der Waals surface area (Å²) in [6, 6.07) is 5.34. The minimum Gasteiger partial charge on any atom is -0.487 e. The molecule has 1 heterocycles. The van der Waals surface area contributed by atoms with Crippen LogP contribution in [-0.4, -0.2) is 30.3 Å². The van der Waals surface area contributed by atoms with Crippen LogP contribution in [0.1, 0.15) is 32.6 Å². The molecule has 1 aliphatic carbocycles. The molecule has 1 aromatic rings. The highest BCUT2D eigenvalue weighted by molar-refractivity contribution is 5.58. The van der Waals surface area contributed by atoms with Gasteiger partial charge in [-0.05, 0) is 44.6 Å². The number of hydrogen-bond acceptors (Lipinski definition) is 5. The van der Waals surface area contributed by atoms with Crippen LogP contribution in [0.4, 0.5) is 11.4 Å². The summed E-state index contributed by atoms with van der Waals surface area (Å²) in [5.74, 6) is 1.06. The fourth-order valence-electron chi connectivity index (χ4n) is 3.02. The molecule has 0 amide bonds. The van der Waals surface area contributed by atoms with E-state index >= 15 is 0 Å². The summed E-state index contributed by atoms with van der Waals surface area (Å²) in [6.07, 6.45) is 4.90. The van der Waals surface area contributed by atoms with Crippen molar-refractivity contribution in [1.82, 2.24) is 0 Å². The number of nitrogens with one attached hydrogen (secondary N) is 1. The normalized spacial score (nSPS) is 24.8. The van der Waals surface area contributed by atoms with Gasteiger partial charge in [-0.3, -0.25) is 10.1 Å². The maximum atomic E-state index is 11.0. The number of ether oxygens (including phenoxy) is 2. The first kappa shape index (κ1) is 15.1. The first-order valence-corrected chi connectivity index (χ1v) is 7.96. The third kappa shape index (κ3) is 3.50. The zero-order chi connectivity index (χ0) is 15.5. The van der Waals surface area contributed by atoms with Crippen molar-refractivity contribution < 1.29 is 14.4 Å². The van der Waals surface area contributed by atoms with Gasteiger partial charge in [-0.2, -0.15) is 0 Å². The van der Waals surface area contributed by atoms with E-state index in [1.54, 1.807) is 12.1 Å². The quantitative estimate of drug-likeness (QED) is 0.644. The smallest absolute Gasteiger partial charge is 0.311 e. The van der Waals surface area contributed by atoms with Crippen molar-refractivity contribution in [2.75, 3.05) is 18.5 Å². The minimum atomic E-state index is -0.410. The van der Waals surface area contributed by atoms with Gasteiger partial charge in [0.2, 0.25) is 0 Å². The summed E-state index contributed by atoms with van der Waals surface area (Å²) < 4.78 is 11.2. The van der Waals surface area contributed by atoms with Gasteiger partial charge < -0.3 is 14.8 Å². The van der Waals surface area contributed by atoms with Crippen molar-refractivity contribution >= 4 is 11.4 Å². The summed E-state index contributed by atoms with van der Waals surface area (Å²) in [5, 5.41) is 14.5. The predicted octanol–water partition coefficient (Wildman–Crippen LogP) is 3.36. The maximum absolute atomic E-state index is 11.0. The van der Waals surface area contributed by atoms with Crippen molar-refractivity contribution in [2.24, 2.45) is 5.92 Å². The Balaban J connectivity index is 1.68. The first-order chi connectivity index (χ1) is 10.7. The molecule has 1 saturated heterocycles. The zero-order valence-corrected chi connectivity index (χ0v) is 12.8. The van der Waals surface area contributed by atoms with Crippen molar-refractivity contribution in [1.29, 1.82) is 0 Å². The van der Waals surface area contributed by atoms with Crippen molar-refractivity contribution in [2.45, 2.75) is 44.8 Å². The summed E-state index contributed by atoms with van der Waals surface area (Å²) >= 11 is 0. The molecule has 6 heteroatoms. The second-order valence-electron chi connectivity index (χ2n) is 5.98. The van der Waals surface area contributed by atoms with E-state index in [4.69, 9.17) is 9.47 Å². The zero-order valence-electron chi connectivity index (χ0n) is 12.8. The van der Waals surface area contributed by atoms with E-state index in [0.717, 1.165) is 31.1 Å². The minimum absolute atomic E-state index is 0.00948. The summed E-state index contributed by atoms with van der Waals surface area (Å²) in [6.45, 7) is 3.01. The van der Waals surface area contributed by atoms with Gasteiger partial charge in [0.1, 0.15) is 0 Å². The summed E-state index contributed by atoms with van der Waals surface area (Å²) in [4.78, 5) is 10.6. The molecule has 2 aliphatic rings. The molecule has 0 aromatic heterocycles. The highest BCUT2D eigenvalue weighted by Crippen LogP contribution is 2.39. The Labute approximate surface area is 129 Å². The molecule has 2 fully saturated rings. The van der Waals surface area contributed by atoms with Crippen LogP contribution in [0.2, 0.25) is 0 Å². The van der Waals surface area contributed by atoms with Crippen LogP contribution >= 0.6 is 0 Å². The van der Waals surface area contributed by atoms with E-state index in [1.165, 1.54) is 18.9 Å². The largest absolute Gasteiger partial charge is 0.487 e. The molecule has 0 radical (unpaired) electrons. The van der Waals surface area contributed by atoms with Crippen LogP contribution in [-0.2, 0) is 4.74 Å². The fraction of sp³-hybridized carbons (Fsp3) is 0.625. The van der Waals surface area contributed by atoms with Gasteiger partial charge in [-0.1, -0.05) is 0 Å². The van der Waals surface area contributed by atoms with E-state index in [2.05, 4.69) is 5.32 Å². The Morgan fingerprint density at radius 1 is 1.41 bits per heavy atom. The monoisotopic (exact) mass is 306 g/mol. The Bertz CT molecular complexity index is 545. The lowest BCUT2D eigenvalue weighted by Gasteiger charge is -2.31. The van der Waals surface area contributed by atoms with Gasteiger partial charge in [0.25, 0.3) is 0 Å². The number of hydrogen-bond donors (Lipinski definition) is 1. The molecule has 1 aliphatic heterocycles. The van der Waals surface area contributed by atoms with Crippen LogP contribution in [0.3, 0.4) is 0 Å². The average Bonchev–Trinajstić information content (AvgIpc) is 3.32. The van der Waals surface area contributed by atoms with Gasteiger partial charge in [0, 0.05) is 30.5 Å². The molecule has 1 aromatic carbocycles. The number of nitrogens with zero attached hydrogens (tertiary/aromatic N) is 1. The molecule has 2 unspecified atom stereocenters. The van der Waals surface area contributed by atoms with Gasteiger partial charge in [0.05, 0.1) is 17.6 Å². The number of rotatable bonds is 6. The van der Waals surface area contributed by atoms with Crippen molar-refractivity contribution in [3.8, 4) is 5.75 Å². The second kappa shape index (κ2) is 6.52. The van der Waals surface area contributed by atoms with E-state index in [9.17, 15) is 10.1 Å². The molecule has 1 saturated carbocycles. The number of nitro groups is 1. The molecular weight excluding hydrogens is 284 g/mol. The molecule has 3 rings (SSSR count). The lowest BCUT2D eigenvalue weighted by atomic mass is 10.00. The highest BCUT2D eigenvalue weighted by atomic mass is 16.6. The van der Waals surface area contributed by atoms with E-state index in [0.29, 0.717) is 24.5 Å². The predicted molar refractivity (Wildman–Crippen MR) is 83.4 cm³/mol. The molecular formula is C16H22N2O4. The van der Waals surface area contributed by atoms with Gasteiger partial charge in [-0.25, -0.2) is 0 Å². The lowest BCUT2D eigenvalue weighted by Crippen LogP contribution is -2.35. The molecule has 0 spiro atoms. The third-order valence-electron chi connectivity index (χ3n) is 4.29. The topological polar surface area (TPSA) is 73.6 Å². The summed E-state index contributed by atoms with van der Waals surface area (Å²) in [7, 11) is 0. The van der Waals surface area contributed by atoms with Crippen LogP contribution < -0.4 is 10.1 Å². The third-order valence-corrected chi connectivity index (χ3v) is 4.29. The number of nitro benzene ring substituents is 1. The first-order valence-electron chi connectivity index (χ1n) is 7.96. The maximum Gasteiger partial charge on any atom is 0.311 e. The van der Waals surface area contributed by atoms with Crippen molar-refractivity contribution in [3.63, 3.8) is 0 Å².